The number of aliphatic hydroxyl groups is 1. The zero-order chi connectivity index (χ0) is 13.5. The van der Waals surface area contributed by atoms with Crippen molar-refractivity contribution in [2.45, 2.75) is 38.2 Å². The number of nitrogens with one attached hydrogen (secondary N) is 1. The molecule has 0 spiro atoms. The molecular formula is C12H22N2O4. The standard InChI is InChI=1S/C12H22N2O4/c13-7-8-1-3-9(4-2-8)11(16)14-6-5-10(15)12(17)18/h8-10,15H,1-7,13H2,(H,14,16)(H,17,18)/t8?,9?,10-/m0/s1. The van der Waals surface area contributed by atoms with Crippen molar-refractivity contribution < 1.29 is 19.8 Å². The van der Waals surface area contributed by atoms with Gasteiger partial charge in [-0.15, -0.1) is 0 Å². The molecule has 1 fully saturated rings. The van der Waals surface area contributed by atoms with E-state index in [1.807, 2.05) is 0 Å². The van der Waals surface area contributed by atoms with Gasteiger partial charge < -0.3 is 21.3 Å². The van der Waals surface area contributed by atoms with Gasteiger partial charge in [0.15, 0.2) is 6.10 Å². The van der Waals surface area contributed by atoms with Gasteiger partial charge in [0.25, 0.3) is 0 Å². The summed E-state index contributed by atoms with van der Waals surface area (Å²) in [6, 6.07) is 0. The van der Waals surface area contributed by atoms with Crippen LogP contribution in [0.25, 0.3) is 0 Å². The van der Waals surface area contributed by atoms with Crippen LogP contribution >= 0.6 is 0 Å². The number of hydrogen-bond acceptors (Lipinski definition) is 4. The number of hydrogen-bond donors (Lipinski definition) is 4. The van der Waals surface area contributed by atoms with E-state index in [4.69, 9.17) is 15.9 Å². The van der Waals surface area contributed by atoms with E-state index in [0.717, 1.165) is 25.7 Å². The first-order valence-electron chi connectivity index (χ1n) is 6.43. The largest absolute Gasteiger partial charge is 0.479 e. The van der Waals surface area contributed by atoms with Crippen LogP contribution in [0.3, 0.4) is 0 Å². The van der Waals surface area contributed by atoms with Gasteiger partial charge in [-0.25, -0.2) is 4.79 Å². The summed E-state index contributed by atoms with van der Waals surface area (Å²) in [5.74, 6) is -0.756. The minimum absolute atomic E-state index is 0.00905. The summed E-state index contributed by atoms with van der Waals surface area (Å²) < 4.78 is 0. The average molecular weight is 258 g/mol. The molecule has 1 aliphatic carbocycles. The lowest BCUT2D eigenvalue weighted by Gasteiger charge is -2.26. The van der Waals surface area contributed by atoms with E-state index < -0.39 is 12.1 Å². The summed E-state index contributed by atoms with van der Waals surface area (Å²) in [5, 5.41) is 20.2. The molecule has 1 rings (SSSR count). The quantitative estimate of drug-likeness (QED) is 0.522. The molecule has 0 unspecified atom stereocenters. The number of aliphatic carboxylic acids is 1. The van der Waals surface area contributed by atoms with Crippen LogP contribution in [0.15, 0.2) is 0 Å². The molecule has 1 amide bonds. The Kier molecular flexibility index (Phi) is 6.07. The van der Waals surface area contributed by atoms with Crippen LogP contribution in [0, 0.1) is 11.8 Å². The lowest BCUT2D eigenvalue weighted by atomic mass is 9.81. The topological polar surface area (TPSA) is 113 Å². The molecule has 0 aromatic rings. The van der Waals surface area contributed by atoms with E-state index in [9.17, 15) is 9.59 Å². The number of nitrogens with two attached hydrogens (primary N) is 1. The predicted octanol–water partition coefficient (Wildman–Crippen LogP) is -0.297. The third kappa shape index (κ3) is 4.62. The molecule has 1 saturated carbocycles. The van der Waals surface area contributed by atoms with Crippen LogP contribution in [0.2, 0.25) is 0 Å². The summed E-state index contributed by atoms with van der Waals surface area (Å²) in [6.45, 7) is 0.877. The summed E-state index contributed by atoms with van der Waals surface area (Å²) in [7, 11) is 0. The number of carbonyl (C=O) groups excluding carboxylic acids is 1. The fraction of sp³-hybridized carbons (Fsp3) is 0.833. The summed E-state index contributed by atoms with van der Waals surface area (Å²) in [6.07, 6.45) is 2.28. The monoisotopic (exact) mass is 258 g/mol. The number of carbonyl (C=O) groups is 2. The maximum Gasteiger partial charge on any atom is 0.332 e. The van der Waals surface area contributed by atoms with Crippen molar-refractivity contribution in [3.8, 4) is 0 Å². The average Bonchev–Trinajstić information content (AvgIpc) is 2.38. The highest BCUT2D eigenvalue weighted by atomic mass is 16.4. The lowest BCUT2D eigenvalue weighted by molar-refractivity contribution is -0.147. The van der Waals surface area contributed by atoms with Crippen LogP contribution < -0.4 is 11.1 Å². The van der Waals surface area contributed by atoms with E-state index >= 15 is 0 Å². The first kappa shape index (κ1) is 14.9. The van der Waals surface area contributed by atoms with Gasteiger partial charge in [0.2, 0.25) is 5.91 Å². The van der Waals surface area contributed by atoms with Crippen LogP contribution in [0.5, 0.6) is 0 Å². The summed E-state index contributed by atoms with van der Waals surface area (Å²) >= 11 is 0. The Hall–Kier alpha value is -1.14. The van der Waals surface area contributed by atoms with Crippen LogP contribution in [-0.2, 0) is 9.59 Å². The molecule has 104 valence electrons. The molecule has 1 aliphatic rings. The number of carboxylic acids is 1. The molecule has 0 saturated heterocycles. The van der Waals surface area contributed by atoms with Crippen molar-refractivity contribution in [2.75, 3.05) is 13.1 Å². The maximum absolute atomic E-state index is 11.8. The van der Waals surface area contributed by atoms with E-state index in [2.05, 4.69) is 5.32 Å². The minimum atomic E-state index is -1.40. The third-order valence-electron chi connectivity index (χ3n) is 3.55. The van der Waals surface area contributed by atoms with Crippen LogP contribution in [-0.4, -0.2) is 41.3 Å². The Labute approximate surface area is 107 Å². The highest BCUT2D eigenvalue weighted by Gasteiger charge is 2.25. The van der Waals surface area contributed by atoms with Gasteiger partial charge >= 0.3 is 5.97 Å². The van der Waals surface area contributed by atoms with Gasteiger partial charge in [-0.3, -0.25) is 4.79 Å². The van der Waals surface area contributed by atoms with Crippen molar-refractivity contribution >= 4 is 11.9 Å². The highest BCUT2D eigenvalue weighted by Crippen LogP contribution is 2.28. The Morgan fingerprint density at radius 3 is 2.39 bits per heavy atom. The van der Waals surface area contributed by atoms with Gasteiger partial charge in [0.05, 0.1) is 0 Å². The molecule has 0 aliphatic heterocycles. The number of carboxylic acid groups (broad SMARTS) is 1. The molecule has 0 radical (unpaired) electrons. The van der Waals surface area contributed by atoms with Gasteiger partial charge in [-0.2, -0.15) is 0 Å². The molecule has 6 nitrogen and oxygen atoms in total. The van der Waals surface area contributed by atoms with Gasteiger partial charge in [0, 0.05) is 18.9 Å². The molecular weight excluding hydrogens is 236 g/mol. The van der Waals surface area contributed by atoms with E-state index in [-0.39, 0.29) is 24.8 Å². The molecule has 5 N–H and O–H groups in total. The molecule has 0 aromatic heterocycles. The summed E-state index contributed by atoms with van der Waals surface area (Å²) in [5.41, 5.74) is 5.58. The number of amides is 1. The zero-order valence-corrected chi connectivity index (χ0v) is 10.5. The normalized spacial score (nSPS) is 25.4. The van der Waals surface area contributed by atoms with Crippen LogP contribution in [0.1, 0.15) is 32.1 Å². The van der Waals surface area contributed by atoms with E-state index in [0.29, 0.717) is 12.5 Å². The second kappa shape index (κ2) is 7.33. The Morgan fingerprint density at radius 1 is 1.28 bits per heavy atom. The second-order valence-electron chi connectivity index (χ2n) is 4.89. The molecule has 0 aromatic carbocycles. The number of rotatable bonds is 6. The molecule has 18 heavy (non-hydrogen) atoms. The Bertz CT molecular complexity index is 288. The first-order valence-corrected chi connectivity index (χ1v) is 6.43. The predicted molar refractivity (Wildman–Crippen MR) is 65.8 cm³/mol. The van der Waals surface area contributed by atoms with E-state index in [1.54, 1.807) is 0 Å². The molecule has 0 bridgehead atoms. The Morgan fingerprint density at radius 2 is 1.89 bits per heavy atom. The van der Waals surface area contributed by atoms with Crippen molar-refractivity contribution in [3.05, 3.63) is 0 Å². The maximum atomic E-state index is 11.8. The van der Waals surface area contributed by atoms with Gasteiger partial charge in [-0.05, 0) is 38.1 Å². The smallest absolute Gasteiger partial charge is 0.332 e. The minimum Gasteiger partial charge on any atom is -0.479 e. The van der Waals surface area contributed by atoms with Gasteiger partial charge in [0.1, 0.15) is 0 Å². The van der Waals surface area contributed by atoms with Crippen LogP contribution in [0.4, 0.5) is 0 Å². The SMILES string of the molecule is NCC1CCC(C(=O)NCC[C@H](O)C(=O)O)CC1. The van der Waals surface area contributed by atoms with Crippen molar-refractivity contribution in [1.29, 1.82) is 0 Å². The van der Waals surface area contributed by atoms with Crippen molar-refractivity contribution in [1.82, 2.24) is 5.32 Å². The molecule has 0 heterocycles. The molecule has 1 atom stereocenters. The first-order chi connectivity index (χ1) is 8.54. The highest BCUT2D eigenvalue weighted by molar-refractivity contribution is 5.78. The molecule has 6 heteroatoms. The lowest BCUT2D eigenvalue weighted by Crippen LogP contribution is -2.36. The fourth-order valence-corrected chi connectivity index (χ4v) is 2.26. The van der Waals surface area contributed by atoms with Crippen molar-refractivity contribution in [3.63, 3.8) is 0 Å². The van der Waals surface area contributed by atoms with Crippen molar-refractivity contribution in [2.24, 2.45) is 17.6 Å². The Balaban J connectivity index is 2.19. The fourth-order valence-electron chi connectivity index (χ4n) is 2.26. The van der Waals surface area contributed by atoms with E-state index in [1.165, 1.54) is 0 Å². The van der Waals surface area contributed by atoms with Gasteiger partial charge in [-0.1, -0.05) is 0 Å². The number of aliphatic hydroxyl groups excluding tert-OH is 1. The second-order valence-corrected chi connectivity index (χ2v) is 4.89. The zero-order valence-electron chi connectivity index (χ0n) is 10.5. The summed E-state index contributed by atoms with van der Waals surface area (Å²) in [4.78, 5) is 22.1. The third-order valence-corrected chi connectivity index (χ3v) is 3.55.